The van der Waals surface area contributed by atoms with Crippen LogP contribution in [0.3, 0.4) is 0 Å². The molecule has 0 spiro atoms. The van der Waals surface area contributed by atoms with Crippen LogP contribution in [0.5, 0.6) is 5.75 Å². The molecule has 1 aromatic rings. The van der Waals surface area contributed by atoms with Crippen molar-refractivity contribution in [2.45, 2.75) is 26.9 Å². The van der Waals surface area contributed by atoms with E-state index in [1.54, 1.807) is 7.11 Å². The fourth-order valence-corrected chi connectivity index (χ4v) is 1.47. The monoisotopic (exact) mass is 208 g/mol. The minimum atomic E-state index is -0.393. The van der Waals surface area contributed by atoms with E-state index in [1.165, 1.54) is 0 Å². The predicted molar refractivity (Wildman–Crippen MR) is 62.0 cm³/mol. The van der Waals surface area contributed by atoms with Crippen molar-refractivity contribution in [1.82, 2.24) is 0 Å². The summed E-state index contributed by atoms with van der Waals surface area (Å²) in [6.07, 6.45) is -0.393. The second kappa shape index (κ2) is 5.17. The van der Waals surface area contributed by atoms with Gasteiger partial charge in [0, 0.05) is 0 Å². The summed E-state index contributed by atoms with van der Waals surface area (Å²) in [6.45, 7) is 6.31. The van der Waals surface area contributed by atoms with Crippen LogP contribution in [0.25, 0.3) is 0 Å². The van der Waals surface area contributed by atoms with Crippen molar-refractivity contribution >= 4 is 0 Å². The maximum Gasteiger partial charge on any atom is 0.118 e. The second-order valence-corrected chi connectivity index (χ2v) is 4.32. The van der Waals surface area contributed by atoms with Gasteiger partial charge in [-0.1, -0.05) is 32.9 Å². The highest BCUT2D eigenvalue weighted by molar-refractivity contribution is 5.28. The summed E-state index contributed by atoms with van der Waals surface area (Å²) >= 11 is 0. The van der Waals surface area contributed by atoms with Gasteiger partial charge in [-0.25, -0.2) is 0 Å². The molecular formula is C13H20O2. The minimum absolute atomic E-state index is 0.262. The summed E-state index contributed by atoms with van der Waals surface area (Å²) in [6, 6.07) is 7.60. The fourth-order valence-electron chi connectivity index (χ4n) is 1.47. The lowest BCUT2D eigenvalue weighted by molar-refractivity contribution is 0.0921. The van der Waals surface area contributed by atoms with Crippen molar-refractivity contribution in [3.05, 3.63) is 29.8 Å². The van der Waals surface area contributed by atoms with Crippen LogP contribution in [-0.2, 0) is 0 Å². The molecule has 0 radical (unpaired) electrons. The third kappa shape index (κ3) is 2.96. The molecular weight excluding hydrogens is 188 g/mol. The zero-order chi connectivity index (χ0) is 11.4. The topological polar surface area (TPSA) is 29.5 Å². The highest BCUT2D eigenvalue weighted by Crippen LogP contribution is 2.28. The number of ether oxygens (including phenoxy) is 1. The summed E-state index contributed by atoms with van der Waals surface area (Å²) in [5, 5.41) is 10.1. The van der Waals surface area contributed by atoms with Gasteiger partial charge in [0.2, 0.25) is 0 Å². The molecule has 2 heteroatoms. The van der Waals surface area contributed by atoms with Crippen molar-refractivity contribution in [3.63, 3.8) is 0 Å². The maximum absolute atomic E-state index is 10.1. The Morgan fingerprint density at radius 2 is 1.60 bits per heavy atom. The van der Waals surface area contributed by atoms with Crippen LogP contribution in [0.15, 0.2) is 24.3 Å². The number of aliphatic hydroxyl groups excluding tert-OH is 1. The van der Waals surface area contributed by atoms with E-state index in [1.807, 2.05) is 24.3 Å². The Kier molecular flexibility index (Phi) is 4.15. The second-order valence-electron chi connectivity index (χ2n) is 4.32. The highest BCUT2D eigenvalue weighted by atomic mass is 16.5. The number of benzene rings is 1. The lowest BCUT2D eigenvalue weighted by Gasteiger charge is -2.22. The molecule has 0 amide bonds. The van der Waals surface area contributed by atoms with Crippen molar-refractivity contribution in [1.29, 1.82) is 0 Å². The Morgan fingerprint density at radius 3 is 2.00 bits per heavy atom. The third-order valence-corrected chi connectivity index (χ3v) is 3.01. The van der Waals surface area contributed by atoms with E-state index in [-0.39, 0.29) is 5.92 Å². The van der Waals surface area contributed by atoms with Gasteiger partial charge in [0.1, 0.15) is 5.75 Å². The molecule has 1 N–H and O–H groups in total. The molecule has 1 rings (SSSR count). The van der Waals surface area contributed by atoms with Crippen molar-refractivity contribution < 1.29 is 9.84 Å². The van der Waals surface area contributed by atoms with E-state index >= 15 is 0 Å². The molecule has 2 nitrogen and oxygen atoms in total. The Hall–Kier alpha value is -1.02. The van der Waals surface area contributed by atoms with E-state index < -0.39 is 6.10 Å². The molecule has 0 fully saturated rings. The standard InChI is InChI=1S/C13H20O2/c1-9(2)10(3)13(14)11-5-7-12(15-4)8-6-11/h5-10,13-14H,1-4H3. The van der Waals surface area contributed by atoms with E-state index in [0.717, 1.165) is 11.3 Å². The van der Waals surface area contributed by atoms with E-state index in [0.29, 0.717) is 5.92 Å². The van der Waals surface area contributed by atoms with E-state index in [9.17, 15) is 5.11 Å². The van der Waals surface area contributed by atoms with E-state index in [2.05, 4.69) is 20.8 Å². The maximum atomic E-state index is 10.1. The first-order valence-electron chi connectivity index (χ1n) is 5.38. The Balaban J connectivity index is 2.78. The van der Waals surface area contributed by atoms with Gasteiger partial charge in [-0.3, -0.25) is 0 Å². The van der Waals surface area contributed by atoms with Crippen LogP contribution < -0.4 is 4.74 Å². The Labute approximate surface area is 91.9 Å². The number of rotatable bonds is 4. The van der Waals surface area contributed by atoms with Gasteiger partial charge < -0.3 is 9.84 Å². The Morgan fingerprint density at radius 1 is 1.07 bits per heavy atom. The summed E-state index contributed by atoms with van der Waals surface area (Å²) in [4.78, 5) is 0. The molecule has 15 heavy (non-hydrogen) atoms. The molecule has 0 aliphatic rings. The smallest absolute Gasteiger partial charge is 0.118 e. The van der Waals surface area contributed by atoms with Crippen molar-refractivity contribution in [3.8, 4) is 5.75 Å². The van der Waals surface area contributed by atoms with Crippen LogP contribution in [0.1, 0.15) is 32.4 Å². The molecule has 0 aliphatic carbocycles. The summed E-state index contributed by atoms with van der Waals surface area (Å²) in [5.74, 6) is 1.56. The van der Waals surface area contributed by atoms with Gasteiger partial charge in [-0.05, 0) is 29.5 Å². The van der Waals surface area contributed by atoms with Crippen molar-refractivity contribution in [2.24, 2.45) is 11.8 Å². The highest BCUT2D eigenvalue weighted by Gasteiger charge is 2.19. The van der Waals surface area contributed by atoms with Crippen LogP contribution in [0.4, 0.5) is 0 Å². The molecule has 0 aliphatic heterocycles. The van der Waals surface area contributed by atoms with Gasteiger partial charge >= 0.3 is 0 Å². The van der Waals surface area contributed by atoms with Gasteiger partial charge in [0.05, 0.1) is 13.2 Å². The SMILES string of the molecule is COc1ccc(C(O)C(C)C(C)C)cc1. The molecule has 0 aromatic heterocycles. The fraction of sp³-hybridized carbons (Fsp3) is 0.538. The predicted octanol–water partition coefficient (Wildman–Crippen LogP) is 3.02. The average Bonchev–Trinajstić information content (AvgIpc) is 2.27. The lowest BCUT2D eigenvalue weighted by atomic mass is 9.88. The van der Waals surface area contributed by atoms with Gasteiger partial charge in [-0.15, -0.1) is 0 Å². The first-order chi connectivity index (χ1) is 7.06. The van der Waals surface area contributed by atoms with Gasteiger partial charge in [0.25, 0.3) is 0 Å². The molecule has 0 bridgehead atoms. The molecule has 84 valence electrons. The normalized spacial score (nSPS) is 15.1. The molecule has 0 saturated carbocycles. The molecule has 2 unspecified atom stereocenters. The molecule has 0 heterocycles. The first-order valence-corrected chi connectivity index (χ1v) is 5.38. The first kappa shape index (κ1) is 12.1. The van der Waals surface area contributed by atoms with E-state index in [4.69, 9.17) is 4.74 Å². The summed E-state index contributed by atoms with van der Waals surface area (Å²) in [7, 11) is 1.64. The quantitative estimate of drug-likeness (QED) is 0.824. The summed E-state index contributed by atoms with van der Waals surface area (Å²) in [5.41, 5.74) is 0.956. The largest absolute Gasteiger partial charge is 0.497 e. The molecule has 0 saturated heterocycles. The number of hydrogen-bond donors (Lipinski definition) is 1. The minimum Gasteiger partial charge on any atom is -0.497 e. The Bertz CT molecular complexity index is 290. The summed E-state index contributed by atoms with van der Waals surface area (Å²) < 4.78 is 5.08. The average molecular weight is 208 g/mol. The molecule has 1 aromatic carbocycles. The van der Waals surface area contributed by atoms with Crippen LogP contribution >= 0.6 is 0 Å². The zero-order valence-corrected chi connectivity index (χ0v) is 9.90. The van der Waals surface area contributed by atoms with Crippen LogP contribution in [0, 0.1) is 11.8 Å². The number of hydrogen-bond acceptors (Lipinski definition) is 2. The number of aliphatic hydroxyl groups is 1. The third-order valence-electron chi connectivity index (χ3n) is 3.01. The van der Waals surface area contributed by atoms with Crippen molar-refractivity contribution in [2.75, 3.05) is 7.11 Å². The van der Waals surface area contributed by atoms with Crippen LogP contribution in [0.2, 0.25) is 0 Å². The molecule has 2 atom stereocenters. The number of methoxy groups -OCH3 is 1. The zero-order valence-electron chi connectivity index (χ0n) is 9.90. The van der Waals surface area contributed by atoms with Gasteiger partial charge in [0.15, 0.2) is 0 Å². The van der Waals surface area contributed by atoms with Gasteiger partial charge in [-0.2, -0.15) is 0 Å². The lowest BCUT2D eigenvalue weighted by Crippen LogP contribution is -2.14. The van der Waals surface area contributed by atoms with Crippen LogP contribution in [-0.4, -0.2) is 12.2 Å².